The number of hydrogen-bond acceptors (Lipinski definition) is 3. The maximum absolute atomic E-state index is 11.5. The average Bonchev–Trinajstić information content (AvgIpc) is 2.04. The van der Waals surface area contributed by atoms with Gasteiger partial charge in [0.2, 0.25) is 5.91 Å². The molecule has 0 unspecified atom stereocenters. The Morgan fingerprint density at radius 2 is 2.31 bits per heavy atom. The van der Waals surface area contributed by atoms with Gasteiger partial charge >= 0.3 is 0 Å². The molecule has 0 saturated carbocycles. The fourth-order valence-corrected chi connectivity index (χ4v) is 1.65. The lowest BCUT2D eigenvalue weighted by Crippen LogP contribution is -2.54. The summed E-state index contributed by atoms with van der Waals surface area (Å²) in [6.07, 6.45) is 0.832. The third-order valence-electron chi connectivity index (χ3n) is 2.47. The molecule has 0 spiro atoms. The summed E-state index contributed by atoms with van der Waals surface area (Å²) in [6, 6.07) is 0. The summed E-state index contributed by atoms with van der Waals surface area (Å²) in [5.74, 6) is 0.0738. The van der Waals surface area contributed by atoms with Crippen molar-refractivity contribution in [2.24, 2.45) is 5.73 Å². The quantitative estimate of drug-likeness (QED) is 0.673. The summed E-state index contributed by atoms with van der Waals surface area (Å²) in [6.45, 7) is 6.24. The van der Waals surface area contributed by atoms with Crippen LogP contribution >= 0.6 is 0 Å². The van der Waals surface area contributed by atoms with Crippen LogP contribution in [0.4, 0.5) is 0 Å². The largest absolute Gasteiger partial charge is 0.370 e. The molecule has 0 aromatic rings. The van der Waals surface area contributed by atoms with Gasteiger partial charge in [-0.3, -0.25) is 4.79 Å². The predicted molar refractivity (Wildman–Crippen MR) is 50.3 cm³/mol. The number of nitrogens with zero attached hydrogens (tertiary/aromatic N) is 1. The highest BCUT2D eigenvalue weighted by molar-refractivity contribution is 5.78. The predicted octanol–water partition coefficient (Wildman–Crippen LogP) is -0.0274. The molecular formula is C9H18N2O2. The molecule has 1 fully saturated rings. The number of carbonyl (C=O) groups excluding carboxylic acids is 1. The van der Waals surface area contributed by atoms with Gasteiger partial charge < -0.3 is 15.4 Å². The van der Waals surface area contributed by atoms with Gasteiger partial charge in [-0.1, -0.05) is 0 Å². The van der Waals surface area contributed by atoms with Crippen molar-refractivity contribution in [3.63, 3.8) is 0 Å². The first-order valence-corrected chi connectivity index (χ1v) is 4.66. The van der Waals surface area contributed by atoms with Gasteiger partial charge in [0.05, 0.1) is 6.61 Å². The highest BCUT2D eigenvalue weighted by atomic mass is 16.5. The van der Waals surface area contributed by atoms with E-state index < -0.39 is 0 Å². The molecule has 76 valence electrons. The Kier molecular flexibility index (Phi) is 3.27. The molecule has 1 aliphatic heterocycles. The number of nitrogens with two attached hydrogens (primary N) is 1. The minimum atomic E-state index is -0.129. The van der Waals surface area contributed by atoms with E-state index in [0.29, 0.717) is 19.7 Å². The highest BCUT2D eigenvalue weighted by Crippen LogP contribution is 2.19. The molecule has 4 nitrogen and oxygen atoms in total. The van der Waals surface area contributed by atoms with E-state index in [0.717, 1.165) is 6.42 Å². The van der Waals surface area contributed by atoms with Gasteiger partial charge in [-0.15, -0.1) is 0 Å². The zero-order chi connectivity index (χ0) is 9.90. The van der Waals surface area contributed by atoms with E-state index in [4.69, 9.17) is 10.5 Å². The van der Waals surface area contributed by atoms with Crippen LogP contribution in [0.1, 0.15) is 20.3 Å². The lowest BCUT2D eigenvalue weighted by Gasteiger charge is -2.40. The van der Waals surface area contributed by atoms with E-state index in [2.05, 4.69) is 0 Å². The van der Waals surface area contributed by atoms with Crippen LogP contribution < -0.4 is 5.73 Å². The summed E-state index contributed by atoms with van der Waals surface area (Å²) in [5, 5.41) is 0. The van der Waals surface area contributed by atoms with Crippen molar-refractivity contribution in [2.75, 3.05) is 26.3 Å². The molecule has 1 rings (SSSR count). The molecule has 0 bridgehead atoms. The van der Waals surface area contributed by atoms with Crippen molar-refractivity contribution in [3.05, 3.63) is 0 Å². The molecule has 4 heteroatoms. The van der Waals surface area contributed by atoms with Crippen molar-refractivity contribution in [3.8, 4) is 0 Å². The SMILES string of the molecule is CC(C)(CCN)N1CCOCC1=O. The topological polar surface area (TPSA) is 55.6 Å². The van der Waals surface area contributed by atoms with Gasteiger partial charge in [0.15, 0.2) is 0 Å². The molecule has 0 aliphatic carbocycles. The van der Waals surface area contributed by atoms with Crippen LogP contribution in [0.25, 0.3) is 0 Å². The molecular weight excluding hydrogens is 168 g/mol. The number of amides is 1. The molecule has 1 amide bonds. The Labute approximate surface area is 79.0 Å². The summed E-state index contributed by atoms with van der Waals surface area (Å²) in [4.78, 5) is 13.3. The lowest BCUT2D eigenvalue weighted by molar-refractivity contribution is -0.149. The zero-order valence-corrected chi connectivity index (χ0v) is 8.38. The van der Waals surface area contributed by atoms with Crippen LogP contribution in [0.2, 0.25) is 0 Å². The molecule has 1 heterocycles. The number of morpholine rings is 1. The average molecular weight is 186 g/mol. The van der Waals surface area contributed by atoms with E-state index in [1.165, 1.54) is 0 Å². The van der Waals surface area contributed by atoms with E-state index in [1.54, 1.807) is 0 Å². The van der Waals surface area contributed by atoms with Gasteiger partial charge in [0.1, 0.15) is 6.61 Å². The first kappa shape index (κ1) is 10.5. The van der Waals surface area contributed by atoms with E-state index in [-0.39, 0.29) is 18.1 Å². The first-order valence-electron chi connectivity index (χ1n) is 4.66. The van der Waals surface area contributed by atoms with Crippen molar-refractivity contribution in [1.82, 2.24) is 4.90 Å². The number of hydrogen-bond donors (Lipinski definition) is 1. The van der Waals surface area contributed by atoms with Crippen LogP contribution in [0.3, 0.4) is 0 Å². The summed E-state index contributed by atoms with van der Waals surface area (Å²) < 4.78 is 5.06. The van der Waals surface area contributed by atoms with Crippen LogP contribution in [0.15, 0.2) is 0 Å². The first-order chi connectivity index (χ1) is 6.08. The maximum atomic E-state index is 11.5. The monoisotopic (exact) mass is 186 g/mol. The van der Waals surface area contributed by atoms with E-state index in [1.807, 2.05) is 18.7 Å². The van der Waals surface area contributed by atoms with Crippen LogP contribution in [-0.4, -0.2) is 42.6 Å². The van der Waals surface area contributed by atoms with Crippen LogP contribution in [-0.2, 0) is 9.53 Å². The third kappa shape index (κ3) is 2.42. The highest BCUT2D eigenvalue weighted by Gasteiger charge is 2.31. The fraction of sp³-hybridized carbons (Fsp3) is 0.889. The lowest BCUT2D eigenvalue weighted by atomic mass is 9.97. The smallest absolute Gasteiger partial charge is 0.249 e. The van der Waals surface area contributed by atoms with E-state index >= 15 is 0 Å². The minimum absolute atomic E-state index is 0.0738. The standard InChI is InChI=1S/C9H18N2O2/c1-9(2,3-4-10)11-5-6-13-7-8(11)12/h3-7,10H2,1-2H3. The van der Waals surface area contributed by atoms with Crippen molar-refractivity contribution < 1.29 is 9.53 Å². The second kappa shape index (κ2) is 4.07. The van der Waals surface area contributed by atoms with E-state index in [9.17, 15) is 4.79 Å². The van der Waals surface area contributed by atoms with Crippen LogP contribution in [0, 0.1) is 0 Å². The van der Waals surface area contributed by atoms with Gasteiger partial charge in [0.25, 0.3) is 0 Å². The summed E-state index contributed by atoms with van der Waals surface area (Å²) >= 11 is 0. The van der Waals surface area contributed by atoms with Crippen molar-refractivity contribution >= 4 is 5.91 Å². The molecule has 1 saturated heterocycles. The Bertz CT molecular complexity index is 192. The molecule has 0 radical (unpaired) electrons. The molecule has 0 atom stereocenters. The van der Waals surface area contributed by atoms with Gasteiger partial charge in [-0.2, -0.15) is 0 Å². The molecule has 0 aromatic carbocycles. The maximum Gasteiger partial charge on any atom is 0.249 e. The summed E-state index contributed by atoms with van der Waals surface area (Å²) in [7, 11) is 0. The van der Waals surface area contributed by atoms with Gasteiger partial charge in [0, 0.05) is 12.1 Å². The van der Waals surface area contributed by atoms with Crippen molar-refractivity contribution in [1.29, 1.82) is 0 Å². The fourth-order valence-electron chi connectivity index (χ4n) is 1.65. The number of carbonyl (C=O) groups is 1. The zero-order valence-electron chi connectivity index (χ0n) is 8.38. The van der Waals surface area contributed by atoms with Crippen LogP contribution in [0.5, 0.6) is 0 Å². The van der Waals surface area contributed by atoms with Gasteiger partial charge in [-0.05, 0) is 26.8 Å². The Morgan fingerprint density at radius 1 is 1.62 bits per heavy atom. The molecule has 0 aromatic heterocycles. The Balaban J connectivity index is 2.61. The second-order valence-electron chi connectivity index (χ2n) is 3.95. The Hall–Kier alpha value is -0.610. The number of ether oxygens (including phenoxy) is 1. The normalized spacial score (nSPS) is 19.3. The summed E-state index contributed by atoms with van der Waals surface area (Å²) in [5.41, 5.74) is 5.37. The third-order valence-corrected chi connectivity index (χ3v) is 2.47. The second-order valence-corrected chi connectivity index (χ2v) is 3.95. The molecule has 13 heavy (non-hydrogen) atoms. The van der Waals surface area contributed by atoms with Gasteiger partial charge in [-0.25, -0.2) is 0 Å². The van der Waals surface area contributed by atoms with Crippen molar-refractivity contribution in [2.45, 2.75) is 25.8 Å². The molecule has 2 N–H and O–H groups in total. The minimum Gasteiger partial charge on any atom is -0.370 e. The Morgan fingerprint density at radius 3 is 2.85 bits per heavy atom. The number of rotatable bonds is 3. The molecule has 1 aliphatic rings.